The predicted octanol–water partition coefficient (Wildman–Crippen LogP) is -0.239. The van der Waals surface area contributed by atoms with Gasteiger partial charge in [-0.25, -0.2) is 0 Å². The lowest BCUT2D eigenvalue weighted by Crippen LogP contribution is -2.43. The number of fused-ring (bicyclic) bond motifs is 1. The Kier molecular flexibility index (Phi) is 1.61. The van der Waals surface area contributed by atoms with Crippen molar-refractivity contribution in [3.8, 4) is 0 Å². The van der Waals surface area contributed by atoms with Gasteiger partial charge in [-0.2, -0.15) is 0 Å². The molecule has 2 atom stereocenters. The largest absolute Gasteiger partial charge is 0.336 e. The Morgan fingerprint density at radius 1 is 1.62 bits per heavy atom. The van der Waals surface area contributed by atoms with E-state index in [2.05, 4.69) is 0 Å². The summed E-state index contributed by atoms with van der Waals surface area (Å²) in [6, 6.07) is 0.0250. The van der Waals surface area contributed by atoms with Gasteiger partial charge in [0.25, 0.3) is 0 Å². The van der Waals surface area contributed by atoms with Crippen molar-refractivity contribution in [2.45, 2.75) is 31.7 Å². The summed E-state index contributed by atoms with van der Waals surface area (Å²) in [4.78, 5) is 13.4. The minimum atomic E-state index is -0.583. The van der Waals surface area contributed by atoms with Crippen LogP contribution in [0.1, 0.15) is 20.3 Å². The molecule has 0 bridgehead atoms. The van der Waals surface area contributed by atoms with E-state index in [1.165, 1.54) is 0 Å². The Morgan fingerprint density at radius 2 is 2.23 bits per heavy atom. The number of hydrogen-bond acceptors (Lipinski definition) is 2. The first-order valence-corrected chi connectivity index (χ1v) is 4.51. The number of rotatable bonds is 0. The Balaban J connectivity index is 2.45. The van der Waals surface area contributed by atoms with Gasteiger partial charge in [0.05, 0.1) is 0 Å². The van der Waals surface area contributed by atoms with Crippen LogP contribution in [0.3, 0.4) is 0 Å². The summed E-state index contributed by atoms with van der Waals surface area (Å²) in [5, 5.41) is 0. The molecular formula is C9H13BN2O. The van der Waals surface area contributed by atoms with Gasteiger partial charge in [-0.3, -0.25) is 4.79 Å². The van der Waals surface area contributed by atoms with Crippen molar-refractivity contribution >= 4 is 13.8 Å². The zero-order valence-corrected chi connectivity index (χ0v) is 8.00. The van der Waals surface area contributed by atoms with Gasteiger partial charge in [0, 0.05) is 23.6 Å². The van der Waals surface area contributed by atoms with Crippen molar-refractivity contribution in [2.24, 2.45) is 5.73 Å². The summed E-state index contributed by atoms with van der Waals surface area (Å²) in [5.41, 5.74) is 6.96. The van der Waals surface area contributed by atoms with Gasteiger partial charge in [0.15, 0.2) is 0 Å². The normalized spacial score (nSPS) is 38.8. The van der Waals surface area contributed by atoms with Crippen molar-refractivity contribution in [1.29, 1.82) is 0 Å². The van der Waals surface area contributed by atoms with Crippen LogP contribution in [-0.2, 0) is 4.79 Å². The van der Waals surface area contributed by atoms with Crippen molar-refractivity contribution < 1.29 is 4.79 Å². The van der Waals surface area contributed by atoms with Crippen molar-refractivity contribution in [2.75, 3.05) is 6.54 Å². The van der Waals surface area contributed by atoms with Crippen LogP contribution in [0.4, 0.5) is 0 Å². The fourth-order valence-electron chi connectivity index (χ4n) is 2.28. The molecule has 0 aromatic carbocycles. The van der Waals surface area contributed by atoms with Crippen LogP contribution in [0.2, 0.25) is 0 Å². The third-order valence-corrected chi connectivity index (χ3v) is 3.25. The molecule has 3 nitrogen and oxygen atoms in total. The maximum Gasteiger partial charge on any atom is 0.249 e. The lowest BCUT2D eigenvalue weighted by molar-refractivity contribution is -0.126. The third-order valence-electron chi connectivity index (χ3n) is 3.25. The van der Waals surface area contributed by atoms with Crippen LogP contribution >= 0.6 is 0 Å². The van der Waals surface area contributed by atoms with Crippen molar-refractivity contribution in [3.05, 3.63) is 11.1 Å². The smallest absolute Gasteiger partial charge is 0.249 e. The van der Waals surface area contributed by atoms with E-state index in [1.54, 1.807) is 4.90 Å². The topological polar surface area (TPSA) is 46.3 Å². The maximum absolute atomic E-state index is 11.7. The Bertz CT molecular complexity index is 313. The molecule has 68 valence electrons. The second kappa shape index (κ2) is 2.38. The van der Waals surface area contributed by atoms with E-state index in [0.717, 1.165) is 11.1 Å². The van der Waals surface area contributed by atoms with E-state index in [-0.39, 0.29) is 11.9 Å². The van der Waals surface area contributed by atoms with Crippen LogP contribution in [0.15, 0.2) is 11.1 Å². The minimum absolute atomic E-state index is 0.0250. The number of carbonyl (C=O) groups is 1. The molecule has 0 aromatic rings. The van der Waals surface area contributed by atoms with E-state index in [1.807, 2.05) is 13.8 Å². The zero-order valence-electron chi connectivity index (χ0n) is 8.00. The van der Waals surface area contributed by atoms with Crippen LogP contribution in [0.5, 0.6) is 0 Å². The minimum Gasteiger partial charge on any atom is -0.336 e. The number of amides is 1. The molecule has 0 aliphatic carbocycles. The molecule has 2 rings (SSSR count). The molecule has 2 aliphatic rings. The van der Waals surface area contributed by atoms with Gasteiger partial charge in [-0.1, -0.05) is 0 Å². The van der Waals surface area contributed by atoms with Crippen LogP contribution in [0.25, 0.3) is 0 Å². The van der Waals surface area contributed by atoms with Crippen LogP contribution < -0.4 is 5.73 Å². The molecule has 0 aromatic heterocycles. The molecule has 2 radical (unpaired) electrons. The lowest BCUT2D eigenvalue weighted by atomic mass is 9.71. The van der Waals surface area contributed by atoms with Gasteiger partial charge in [0.2, 0.25) is 5.91 Å². The highest BCUT2D eigenvalue weighted by Crippen LogP contribution is 2.40. The molecule has 2 N–H and O–H groups in total. The van der Waals surface area contributed by atoms with Crippen molar-refractivity contribution in [3.63, 3.8) is 0 Å². The van der Waals surface area contributed by atoms with Gasteiger partial charge >= 0.3 is 0 Å². The fourth-order valence-corrected chi connectivity index (χ4v) is 2.28. The van der Waals surface area contributed by atoms with E-state index in [4.69, 9.17) is 13.6 Å². The fraction of sp³-hybridized carbons (Fsp3) is 0.667. The SMILES string of the molecule is [B]C12CC(N)CN1C(=O)C(C)=C2C. The first kappa shape index (κ1) is 8.82. The summed E-state index contributed by atoms with van der Waals surface area (Å²) in [6.45, 7) is 4.34. The number of carbonyl (C=O) groups excluding carboxylic acids is 1. The standard InChI is InChI=1S/C9H13BN2O/c1-5-6(2)9(10)3-7(11)4-12(9)8(5)13/h7H,3-4,11H2,1-2H3. The second-order valence-electron chi connectivity index (χ2n) is 4.05. The molecule has 4 heteroatoms. The monoisotopic (exact) mass is 176 g/mol. The first-order valence-electron chi connectivity index (χ1n) is 4.51. The van der Waals surface area contributed by atoms with Crippen LogP contribution in [-0.4, -0.2) is 36.7 Å². The first-order chi connectivity index (χ1) is 5.97. The number of nitrogens with two attached hydrogens (primary N) is 1. The van der Waals surface area contributed by atoms with Crippen molar-refractivity contribution in [1.82, 2.24) is 4.90 Å². The highest BCUT2D eigenvalue weighted by Gasteiger charge is 2.49. The van der Waals surface area contributed by atoms with E-state index >= 15 is 0 Å². The molecule has 0 saturated carbocycles. The molecule has 2 unspecified atom stereocenters. The highest BCUT2D eigenvalue weighted by atomic mass is 16.2. The molecule has 1 amide bonds. The predicted molar refractivity (Wildman–Crippen MR) is 51.2 cm³/mol. The van der Waals surface area contributed by atoms with E-state index in [9.17, 15) is 4.79 Å². The quantitative estimate of drug-likeness (QED) is 0.517. The van der Waals surface area contributed by atoms with Gasteiger partial charge < -0.3 is 10.6 Å². The zero-order chi connectivity index (χ0) is 9.80. The summed E-state index contributed by atoms with van der Waals surface area (Å²) >= 11 is 0. The van der Waals surface area contributed by atoms with Gasteiger partial charge in [0.1, 0.15) is 7.85 Å². The maximum atomic E-state index is 11.7. The highest BCUT2D eigenvalue weighted by molar-refractivity contribution is 6.22. The molecule has 1 fully saturated rings. The Labute approximate surface area is 79.4 Å². The Morgan fingerprint density at radius 3 is 2.77 bits per heavy atom. The molecule has 2 heterocycles. The summed E-state index contributed by atoms with van der Waals surface area (Å²) < 4.78 is 0. The molecular weight excluding hydrogens is 163 g/mol. The average molecular weight is 176 g/mol. The molecule has 2 aliphatic heterocycles. The summed E-state index contributed by atoms with van der Waals surface area (Å²) in [5.74, 6) is 0.0490. The second-order valence-corrected chi connectivity index (χ2v) is 4.05. The lowest BCUT2D eigenvalue weighted by Gasteiger charge is -2.30. The molecule has 1 saturated heterocycles. The molecule has 13 heavy (non-hydrogen) atoms. The van der Waals surface area contributed by atoms with Crippen LogP contribution in [0, 0.1) is 0 Å². The number of nitrogens with zero attached hydrogens (tertiary/aromatic N) is 1. The van der Waals surface area contributed by atoms with E-state index in [0.29, 0.717) is 13.0 Å². The van der Waals surface area contributed by atoms with Gasteiger partial charge in [-0.15, -0.1) is 0 Å². The number of hydrogen-bond donors (Lipinski definition) is 1. The Hall–Kier alpha value is -0.765. The summed E-state index contributed by atoms with van der Waals surface area (Å²) in [7, 11) is 6.15. The van der Waals surface area contributed by atoms with E-state index < -0.39 is 5.44 Å². The average Bonchev–Trinajstić information content (AvgIpc) is 2.44. The van der Waals surface area contributed by atoms with Gasteiger partial charge in [-0.05, 0) is 25.8 Å². The third kappa shape index (κ3) is 0.922. The molecule has 0 spiro atoms. The summed E-state index contributed by atoms with van der Waals surface area (Å²) in [6.07, 6.45) is 0.682.